The van der Waals surface area contributed by atoms with Crippen LogP contribution in [-0.2, 0) is 19.4 Å². The minimum Gasteiger partial charge on any atom is -0.346 e. The third-order valence-electron chi connectivity index (χ3n) is 7.69. The number of hydrogen-bond acceptors (Lipinski definition) is 8. The fraction of sp³-hybridized carbons (Fsp3) is 0.161. The standard InChI is InChI=1S/C31H27N9S/c1-2-21-15-23(24-17-34-38(19-24)18-20-5-4-12-32-16-20)8-9-26(21)35-31-36-29-25(10-13-33-29)30(37-31)40-27-7-3-6-22-11-14-39(41-40)28(22)27/h3-10,12-13,15-17,19H,2,11,14,18H2,1H3,(H2,33,35,36,37). The zero-order valence-electron chi connectivity index (χ0n) is 22.5. The molecular weight excluding hydrogens is 530 g/mol. The summed E-state index contributed by atoms with van der Waals surface area (Å²) in [5.41, 5.74) is 10.2. The van der Waals surface area contributed by atoms with Gasteiger partial charge in [-0.3, -0.25) is 14.0 Å². The molecule has 6 aromatic rings. The van der Waals surface area contributed by atoms with E-state index in [1.807, 2.05) is 35.4 Å². The lowest BCUT2D eigenvalue weighted by Crippen LogP contribution is -2.14. The molecule has 0 bridgehead atoms. The van der Waals surface area contributed by atoms with Gasteiger partial charge in [-0.05, 0) is 65.4 Å². The molecule has 2 aromatic carbocycles. The van der Waals surface area contributed by atoms with Crippen LogP contribution in [-0.4, -0.2) is 36.3 Å². The number of hydrogen-bond donors (Lipinski definition) is 2. The summed E-state index contributed by atoms with van der Waals surface area (Å²) < 4.78 is 6.54. The SMILES string of the molecule is CCc1cc(-c2cnn(Cc3cccnc3)c2)ccc1Nc1nc(N2SN3CCc4cccc2c43)c2cc[nH]c2n1. The molecule has 0 fully saturated rings. The first-order valence-corrected chi connectivity index (χ1v) is 14.5. The lowest BCUT2D eigenvalue weighted by molar-refractivity contribution is 0.685. The maximum Gasteiger partial charge on any atom is 0.231 e. The summed E-state index contributed by atoms with van der Waals surface area (Å²) in [5.74, 6) is 1.44. The van der Waals surface area contributed by atoms with Crippen molar-refractivity contribution in [2.45, 2.75) is 26.3 Å². The number of nitrogens with one attached hydrogen (secondary N) is 2. The van der Waals surface area contributed by atoms with Gasteiger partial charge >= 0.3 is 0 Å². The van der Waals surface area contributed by atoms with Gasteiger partial charge in [-0.25, -0.2) is 4.31 Å². The Morgan fingerprint density at radius 3 is 2.90 bits per heavy atom. The molecule has 0 saturated carbocycles. The van der Waals surface area contributed by atoms with Gasteiger partial charge in [0.2, 0.25) is 5.95 Å². The van der Waals surface area contributed by atoms with E-state index in [0.717, 1.165) is 58.6 Å². The third-order valence-corrected chi connectivity index (χ3v) is 8.78. The molecule has 0 spiro atoms. The largest absolute Gasteiger partial charge is 0.346 e. The van der Waals surface area contributed by atoms with E-state index < -0.39 is 0 Å². The lowest BCUT2D eigenvalue weighted by Gasteiger charge is -2.19. The Morgan fingerprint density at radius 2 is 2.00 bits per heavy atom. The molecule has 41 heavy (non-hydrogen) atoms. The quantitative estimate of drug-likeness (QED) is 0.211. The molecule has 2 aliphatic rings. The molecule has 0 saturated heterocycles. The highest BCUT2D eigenvalue weighted by Gasteiger charge is 2.36. The van der Waals surface area contributed by atoms with E-state index in [1.54, 1.807) is 18.3 Å². The molecule has 0 unspecified atom stereocenters. The van der Waals surface area contributed by atoms with Gasteiger partial charge in [-0.2, -0.15) is 15.1 Å². The number of para-hydroxylation sites is 1. The lowest BCUT2D eigenvalue weighted by atomic mass is 10.0. The zero-order valence-corrected chi connectivity index (χ0v) is 23.3. The van der Waals surface area contributed by atoms with Crippen molar-refractivity contribution in [2.75, 3.05) is 20.5 Å². The number of aromatic amines is 1. The van der Waals surface area contributed by atoms with Gasteiger partial charge in [0, 0.05) is 42.6 Å². The molecule has 10 heteroatoms. The van der Waals surface area contributed by atoms with Gasteiger partial charge in [-0.15, -0.1) is 0 Å². The number of fused-ring (bicyclic) bond motifs is 1. The molecule has 2 aliphatic heterocycles. The van der Waals surface area contributed by atoms with E-state index in [0.29, 0.717) is 12.5 Å². The predicted octanol–water partition coefficient (Wildman–Crippen LogP) is 6.65. The van der Waals surface area contributed by atoms with E-state index in [1.165, 1.54) is 22.5 Å². The summed E-state index contributed by atoms with van der Waals surface area (Å²) in [6.07, 6.45) is 11.5. The van der Waals surface area contributed by atoms with Crippen molar-refractivity contribution in [3.63, 3.8) is 0 Å². The molecule has 4 aromatic heterocycles. The van der Waals surface area contributed by atoms with Crippen molar-refractivity contribution in [3.8, 4) is 11.1 Å². The van der Waals surface area contributed by atoms with Crippen molar-refractivity contribution in [1.29, 1.82) is 0 Å². The Morgan fingerprint density at radius 1 is 1.02 bits per heavy atom. The normalized spacial score (nSPS) is 13.8. The summed E-state index contributed by atoms with van der Waals surface area (Å²) in [4.78, 5) is 17.4. The summed E-state index contributed by atoms with van der Waals surface area (Å²) in [7, 11) is 0. The summed E-state index contributed by atoms with van der Waals surface area (Å²) in [6.45, 7) is 3.86. The Kier molecular flexibility index (Phi) is 5.66. The summed E-state index contributed by atoms with van der Waals surface area (Å²) in [6, 6.07) is 19.1. The van der Waals surface area contributed by atoms with Crippen molar-refractivity contribution < 1.29 is 0 Å². The maximum absolute atomic E-state index is 5.05. The number of rotatable bonds is 7. The van der Waals surface area contributed by atoms with Crippen LogP contribution in [0.4, 0.5) is 28.8 Å². The zero-order chi connectivity index (χ0) is 27.3. The number of anilines is 5. The first-order valence-electron chi connectivity index (χ1n) is 13.8. The van der Waals surface area contributed by atoms with Gasteiger partial charge in [0.25, 0.3) is 0 Å². The number of H-pyrrole nitrogens is 1. The van der Waals surface area contributed by atoms with E-state index in [4.69, 9.17) is 9.97 Å². The molecule has 8 rings (SSSR count). The van der Waals surface area contributed by atoms with Gasteiger partial charge < -0.3 is 10.3 Å². The third kappa shape index (κ3) is 4.18. The fourth-order valence-corrected chi connectivity index (χ4v) is 6.78. The van der Waals surface area contributed by atoms with Crippen LogP contribution in [0.15, 0.2) is 85.6 Å². The molecule has 0 aliphatic carbocycles. The second-order valence-corrected chi connectivity index (χ2v) is 11.2. The van der Waals surface area contributed by atoms with Crippen LogP contribution in [0.5, 0.6) is 0 Å². The van der Waals surface area contributed by atoms with E-state index in [2.05, 4.69) is 84.6 Å². The molecular formula is C31H27N9S. The highest BCUT2D eigenvalue weighted by atomic mass is 32.2. The molecule has 6 heterocycles. The number of nitrogens with zero attached hydrogens (tertiary/aromatic N) is 7. The van der Waals surface area contributed by atoms with Gasteiger partial charge in [-0.1, -0.05) is 31.2 Å². The van der Waals surface area contributed by atoms with E-state index in [9.17, 15) is 0 Å². The average molecular weight is 558 g/mol. The van der Waals surface area contributed by atoms with Crippen LogP contribution in [0, 0.1) is 0 Å². The molecule has 0 amide bonds. The minimum atomic E-state index is 0.565. The van der Waals surface area contributed by atoms with E-state index in [-0.39, 0.29) is 0 Å². The van der Waals surface area contributed by atoms with Crippen LogP contribution < -0.4 is 13.9 Å². The smallest absolute Gasteiger partial charge is 0.231 e. The van der Waals surface area contributed by atoms with E-state index >= 15 is 0 Å². The van der Waals surface area contributed by atoms with Crippen molar-refractivity contribution in [1.82, 2.24) is 29.7 Å². The van der Waals surface area contributed by atoms with Crippen molar-refractivity contribution in [3.05, 3.63) is 102 Å². The minimum absolute atomic E-state index is 0.565. The highest BCUT2D eigenvalue weighted by Crippen LogP contribution is 2.53. The summed E-state index contributed by atoms with van der Waals surface area (Å²) >= 11 is 1.71. The molecule has 0 radical (unpaired) electrons. The Bertz CT molecular complexity index is 1900. The van der Waals surface area contributed by atoms with Gasteiger partial charge in [0.1, 0.15) is 5.65 Å². The predicted molar refractivity (Wildman–Crippen MR) is 165 cm³/mol. The van der Waals surface area contributed by atoms with Crippen LogP contribution in [0.3, 0.4) is 0 Å². The first-order chi connectivity index (χ1) is 20.2. The fourth-order valence-electron chi connectivity index (χ4n) is 5.66. The number of benzene rings is 2. The van der Waals surface area contributed by atoms with Gasteiger partial charge in [0.05, 0.1) is 41.6 Å². The molecule has 2 N–H and O–H groups in total. The van der Waals surface area contributed by atoms with Crippen molar-refractivity contribution in [2.24, 2.45) is 0 Å². The van der Waals surface area contributed by atoms with Crippen LogP contribution >= 0.6 is 12.1 Å². The first kappa shape index (κ1) is 24.0. The van der Waals surface area contributed by atoms with Crippen LogP contribution in [0.25, 0.3) is 22.2 Å². The second-order valence-electron chi connectivity index (χ2n) is 10.3. The topological polar surface area (TPSA) is 90.8 Å². The number of aromatic nitrogens is 6. The Balaban J connectivity index is 1.10. The van der Waals surface area contributed by atoms with Crippen LogP contribution in [0.2, 0.25) is 0 Å². The number of pyridine rings is 1. The molecule has 0 atom stereocenters. The molecule has 9 nitrogen and oxygen atoms in total. The number of aryl methyl sites for hydroxylation is 1. The molecule has 202 valence electrons. The van der Waals surface area contributed by atoms with Crippen LogP contribution in [0.1, 0.15) is 23.6 Å². The monoisotopic (exact) mass is 557 g/mol. The van der Waals surface area contributed by atoms with Gasteiger partial charge in [0.15, 0.2) is 5.82 Å². The Hall–Kier alpha value is -4.83. The maximum atomic E-state index is 5.05. The summed E-state index contributed by atoms with van der Waals surface area (Å²) in [5, 5.41) is 9.10. The Labute approximate surface area is 241 Å². The average Bonchev–Trinajstić information content (AvgIpc) is 3.81. The highest BCUT2D eigenvalue weighted by molar-refractivity contribution is 8.02. The second kappa shape index (κ2) is 9.67. The van der Waals surface area contributed by atoms with Crippen molar-refractivity contribution >= 4 is 52.0 Å².